The molecule has 1 atom stereocenters. The van der Waals surface area contributed by atoms with Gasteiger partial charge in [-0.15, -0.1) is 5.10 Å². The van der Waals surface area contributed by atoms with E-state index in [0.29, 0.717) is 5.88 Å². The molecule has 0 saturated carbocycles. The minimum absolute atomic E-state index is 0.156. The highest BCUT2D eigenvalue weighted by atomic mass is 79.9. The van der Waals surface area contributed by atoms with Gasteiger partial charge in [0.1, 0.15) is 0 Å². The molecule has 2 aromatic rings. The first kappa shape index (κ1) is 15.8. The molecule has 1 N–H and O–H groups in total. The number of carbonyl (C=O) groups excluding carboxylic acids is 1. The van der Waals surface area contributed by atoms with E-state index < -0.39 is 6.10 Å². The summed E-state index contributed by atoms with van der Waals surface area (Å²) in [5.74, 6) is 0.307. The van der Waals surface area contributed by atoms with Crippen LogP contribution in [-0.4, -0.2) is 27.3 Å². The van der Waals surface area contributed by atoms with Crippen molar-refractivity contribution in [3.05, 3.63) is 22.7 Å². The van der Waals surface area contributed by atoms with Crippen molar-refractivity contribution in [2.45, 2.75) is 39.3 Å². The highest BCUT2D eigenvalue weighted by molar-refractivity contribution is 9.10. The summed E-state index contributed by atoms with van der Waals surface area (Å²) in [6.07, 6.45) is -0.610. The lowest BCUT2D eigenvalue weighted by molar-refractivity contribution is -0.128. The van der Waals surface area contributed by atoms with Crippen LogP contribution in [0.3, 0.4) is 0 Å². The number of nitrogens with zero attached hydrogens (tertiary/aromatic N) is 2. The Bertz CT molecular complexity index is 673. The first-order valence-electron chi connectivity index (χ1n) is 6.78. The topological polar surface area (TPSA) is 56.2 Å². The molecule has 1 aromatic heterocycles. The lowest BCUT2D eigenvalue weighted by atomic mass is 10.1. The molecular formula is C15H20BrN3O2. The second-order valence-electron chi connectivity index (χ2n) is 6.09. The van der Waals surface area contributed by atoms with E-state index in [1.165, 1.54) is 0 Å². The molecule has 0 fully saturated rings. The van der Waals surface area contributed by atoms with Gasteiger partial charge in [0, 0.05) is 17.1 Å². The fraction of sp³-hybridized carbons (Fsp3) is 0.467. The first-order valence-corrected chi connectivity index (χ1v) is 7.57. The molecule has 0 aliphatic carbocycles. The van der Waals surface area contributed by atoms with Crippen molar-refractivity contribution in [1.82, 2.24) is 15.1 Å². The summed E-state index contributed by atoms with van der Waals surface area (Å²) < 4.78 is 8.43. The maximum atomic E-state index is 12.1. The third kappa shape index (κ3) is 3.75. The SMILES string of the molecule is C[C@H](Oc1nn(C)c2ccc(Br)cc12)C(=O)NC(C)(C)C. The van der Waals surface area contributed by atoms with Gasteiger partial charge in [0.25, 0.3) is 5.91 Å². The number of hydrogen-bond donors (Lipinski definition) is 1. The summed E-state index contributed by atoms with van der Waals surface area (Å²) in [5, 5.41) is 8.12. The van der Waals surface area contributed by atoms with Crippen molar-refractivity contribution in [3.8, 4) is 5.88 Å². The third-order valence-electron chi connectivity index (χ3n) is 2.93. The number of aromatic nitrogens is 2. The van der Waals surface area contributed by atoms with Gasteiger partial charge in [0.15, 0.2) is 6.10 Å². The number of benzene rings is 1. The predicted molar refractivity (Wildman–Crippen MR) is 86.4 cm³/mol. The van der Waals surface area contributed by atoms with E-state index in [-0.39, 0.29) is 11.4 Å². The monoisotopic (exact) mass is 353 g/mol. The Morgan fingerprint density at radius 1 is 1.43 bits per heavy atom. The van der Waals surface area contributed by atoms with Crippen molar-refractivity contribution in [2.75, 3.05) is 0 Å². The molecule has 0 spiro atoms. The number of aryl methyl sites for hydroxylation is 1. The molecule has 6 heteroatoms. The molecule has 5 nitrogen and oxygen atoms in total. The second-order valence-corrected chi connectivity index (χ2v) is 7.01. The van der Waals surface area contributed by atoms with E-state index in [9.17, 15) is 4.79 Å². The van der Waals surface area contributed by atoms with Crippen LogP contribution in [0.1, 0.15) is 27.7 Å². The Balaban J connectivity index is 2.23. The van der Waals surface area contributed by atoms with Crippen LogP contribution >= 0.6 is 15.9 Å². The van der Waals surface area contributed by atoms with Crippen molar-refractivity contribution in [3.63, 3.8) is 0 Å². The second kappa shape index (κ2) is 5.67. The Labute approximate surface area is 132 Å². The van der Waals surface area contributed by atoms with Gasteiger partial charge in [-0.1, -0.05) is 15.9 Å². The largest absolute Gasteiger partial charge is 0.463 e. The molecule has 1 heterocycles. The van der Waals surface area contributed by atoms with Gasteiger partial charge in [-0.3, -0.25) is 9.48 Å². The fourth-order valence-electron chi connectivity index (χ4n) is 1.98. The molecule has 0 saturated heterocycles. The van der Waals surface area contributed by atoms with E-state index in [2.05, 4.69) is 26.3 Å². The summed E-state index contributed by atoms with van der Waals surface area (Å²) in [4.78, 5) is 12.1. The number of fused-ring (bicyclic) bond motifs is 1. The minimum Gasteiger partial charge on any atom is -0.463 e. The van der Waals surface area contributed by atoms with Gasteiger partial charge in [-0.2, -0.15) is 0 Å². The molecule has 0 aliphatic rings. The van der Waals surface area contributed by atoms with Crippen molar-refractivity contribution in [2.24, 2.45) is 7.05 Å². The molecule has 1 amide bonds. The van der Waals surface area contributed by atoms with E-state index >= 15 is 0 Å². The van der Waals surface area contributed by atoms with Gasteiger partial charge in [-0.05, 0) is 45.9 Å². The maximum absolute atomic E-state index is 12.1. The molecular weight excluding hydrogens is 334 g/mol. The van der Waals surface area contributed by atoms with E-state index in [1.807, 2.05) is 46.0 Å². The number of carbonyl (C=O) groups is 1. The number of halogens is 1. The van der Waals surface area contributed by atoms with Crippen molar-refractivity contribution >= 4 is 32.7 Å². The summed E-state index contributed by atoms with van der Waals surface area (Å²) in [6.45, 7) is 7.53. The summed E-state index contributed by atoms with van der Waals surface area (Å²) in [7, 11) is 1.85. The third-order valence-corrected chi connectivity index (χ3v) is 3.43. The van der Waals surface area contributed by atoms with Gasteiger partial charge >= 0.3 is 0 Å². The van der Waals surface area contributed by atoms with Gasteiger partial charge in [-0.25, -0.2) is 0 Å². The van der Waals surface area contributed by atoms with E-state index in [1.54, 1.807) is 11.6 Å². The lowest BCUT2D eigenvalue weighted by Crippen LogP contribution is -2.46. The number of nitrogens with one attached hydrogen (secondary N) is 1. The highest BCUT2D eigenvalue weighted by Crippen LogP contribution is 2.28. The molecule has 21 heavy (non-hydrogen) atoms. The smallest absolute Gasteiger partial charge is 0.261 e. The zero-order valence-corrected chi connectivity index (χ0v) is 14.5. The average Bonchev–Trinajstić information content (AvgIpc) is 2.63. The predicted octanol–water partition coefficient (Wildman–Crippen LogP) is 3.02. The van der Waals surface area contributed by atoms with Crippen LogP contribution in [0.2, 0.25) is 0 Å². The zero-order chi connectivity index (χ0) is 15.8. The van der Waals surface area contributed by atoms with Crippen LogP contribution in [0.15, 0.2) is 22.7 Å². The van der Waals surface area contributed by atoms with Crippen LogP contribution in [0.25, 0.3) is 10.9 Å². The molecule has 1 aromatic carbocycles. The standard InChI is InChI=1S/C15H20BrN3O2/c1-9(13(20)17-15(2,3)4)21-14-11-8-10(16)6-7-12(11)19(5)18-14/h6-9H,1-5H3,(H,17,20)/t9-/m0/s1. The van der Waals surface area contributed by atoms with Crippen molar-refractivity contribution < 1.29 is 9.53 Å². The van der Waals surface area contributed by atoms with E-state index in [0.717, 1.165) is 15.4 Å². The normalized spacial score (nSPS) is 13.2. The zero-order valence-electron chi connectivity index (χ0n) is 12.9. The number of amides is 1. The first-order chi connectivity index (χ1) is 9.67. The molecule has 114 valence electrons. The summed E-state index contributed by atoms with van der Waals surface area (Å²) in [6, 6.07) is 5.84. The van der Waals surface area contributed by atoms with Crippen LogP contribution in [0.5, 0.6) is 5.88 Å². The highest BCUT2D eigenvalue weighted by Gasteiger charge is 2.22. The Morgan fingerprint density at radius 3 is 2.71 bits per heavy atom. The molecule has 0 radical (unpaired) electrons. The number of ether oxygens (including phenoxy) is 1. The summed E-state index contributed by atoms with van der Waals surface area (Å²) >= 11 is 3.44. The molecule has 2 rings (SSSR count). The molecule has 0 unspecified atom stereocenters. The number of hydrogen-bond acceptors (Lipinski definition) is 3. The number of rotatable bonds is 3. The van der Waals surface area contributed by atoms with Gasteiger partial charge in [0.2, 0.25) is 5.88 Å². The van der Waals surface area contributed by atoms with Crippen LogP contribution in [-0.2, 0) is 11.8 Å². The Kier molecular flexibility index (Phi) is 4.27. The Morgan fingerprint density at radius 2 is 2.10 bits per heavy atom. The average molecular weight is 354 g/mol. The van der Waals surface area contributed by atoms with Crippen LogP contribution in [0.4, 0.5) is 0 Å². The van der Waals surface area contributed by atoms with Gasteiger partial charge in [0.05, 0.1) is 10.9 Å². The van der Waals surface area contributed by atoms with E-state index in [4.69, 9.17) is 4.74 Å². The minimum atomic E-state index is -0.610. The molecule has 0 bridgehead atoms. The van der Waals surface area contributed by atoms with Gasteiger partial charge < -0.3 is 10.1 Å². The Hall–Kier alpha value is -1.56. The van der Waals surface area contributed by atoms with Crippen LogP contribution in [0, 0.1) is 0 Å². The van der Waals surface area contributed by atoms with Crippen LogP contribution < -0.4 is 10.1 Å². The fourth-order valence-corrected chi connectivity index (χ4v) is 2.35. The molecule has 0 aliphatic heterocycles. The quantitative estimate of drug-likeness (QED) is 0.922. The van der Waals surface area contributed by atoms with Crippen molar-refractivity contribution in [1.29, 1.82) is 0 Å². The lowest BCUT2D eigenvalue weighted by Gasteiger charge is -2.23. The maximum Gasteiger partial charge on any atom is 0.261 e. The summed E-state index contributed by atoms with van der Waals surface area (Å²) in [5.41, 5.74) is 0.667.